The zero-order valence-corrected chi connectivity index (χ0v) is 17.5. The number of fused-ring (bicyclic) bond motifs is 1. The Morgan fingerprint density at radius 3 is 1.62 bits per heavy atom. The van der Waals surface area contributed by atoms with E-state index in [0.29, 0.717) is 0 Å². The Hall–Kier alpha value is -3.36. The minimum absolute atomic E-state index is 1.26. The fourth-order valence-corrected chi connectivity index (χ4v) is 8.00. The Kier molecular flexibility index (Phi) is 4.42. The van der Waals surface area contributed by atoms with Gasteiger partial charge >= 0.3 is 0 Å². The van der Waals surface area contributed by atoms with Crippen LogP contribution in [0.15, 0.2) is 121 Å². The largest absolute Gasteiger partial charge is 0.365 e. The normalized spacial score (nSPS) is 11.6. The maximum absolute atomic E-state index is 2.58. The van der Waals surface area contributed by atoms with Gasteiger partial charge < -0.3 is 4.23 Å². The zero-order chi connectivity index (χ0) is 19.7. The molecule has 0 saturated carbocycles. The summed E-state index contributed by atoms with van der Waals surface area (Å²) in [4.78, 5) is 0. The molecule has 0 atom stereocenters. The lowest BCUT2D eigenvalue weighted by molar-refractivity contribution is 1.23. The molecule has 0 radical (unpaired) electrons. The molecule has 1 nitrogen and oxygen atoms in total. The summed E-state index contributed by atoms with van der Waals surface area (Å²) in [6, 6.07) is 41.5. The second kappa shape index (κ2) is 7.23. The first kappa shape index (κ1) is 17.7. The minimum Gasteiger partial charge on any atom is -0.365 e. The van der Waals surface area contributed by atoms with Crippen LogP contribution < -0.4 is 10.4 Å². The minimum atomic E-state index is -2.24. The van der Waals surface area contributed by atoms with Gasteiger partial charge in [-0.25, -0.2) is 0 Å². The number of nitrogens with zero attached hydrogens (tertiary/aromatic N) is 1. The first-order valence-electron chi connectivity index (χ1n) is 10.1. The van der Waals surface area contributed by atoms with E-state index < -0.39 is 8.24 Å². The van der Waals surface area contributed by atoms with Gasteiger partial charge in [0.15, 0.2) is 0 Å². The summed E-state index contributed by atoms with van der Waals surface area (Å²) in [6.45, 7) is 2.46. The Balaban J connectivity index is 1.85. The number of para-hydroxylation sites is 1. The summed E-state index contributed by atoms with van der Waals surface area (Å²) in [5, 5.41) is 4.13. The van der Waals surface area contributed by atoms with Gasteiger partial charge in [0.05, 0.1) is 0 Å². The molecule has 5 aromatic rings. The van der Waals surface area contributed by atoms with Crippen LogP contribution in [0.1, 0.15) is 0 Å². The smallest absolute Gasteiger partial charge is 0.221 e. The summed E-state index contributed by atoms with van der Waals surface area (Å²) >= 11 is 0. The number of benzene rings is 4. The lowest BCUT2D eigenvalue weighted by Crippen LogP contribution is -2.61. The van der Waals surface area contributed by atoms with Crippen molar-refractivity contribution >= 4 is 29.5 Å². The lowest BCUT2D eigenvalue weighted by Gasteiger charge is -2.31. The number of aromatic nitrogens is 1. The van der Waals surface area contributed by atoms with Crippen LogP contribution in [0, 0.1) is 0 Å². The van der Waals surface area contributed by atoms with Gasteiger partial charge in [0, 0.05) is 22.7 Å². The van der Waals surface area contributed by atoms with Crippen molar-refractivity contribution in [2.24, 2.45) is 0 Å². The predicted octanol–water partition coefficient (Wildman–Crippen LogP) is 5.55. The molecular formula is C27H23NSi. The monoisotopic (exact) mass is 389 g/mol. The van der Waals surface area contributed by atoms with Gasteiger partial charge in [-0.1, -0.05) is 109 Å². The van der Waals surface area contributed by atoms with Gasteiger partial charge in [-0.05, 0) is 28.6 Å². The second-order valence-corrected chi connectivity index (χ2v) is 11.4. The van der Waals surface area contributed by atoms with Crippen LogP contribution in [0.2, 0.25) is 6.55 Å². The molecule has 4 aromatic carbocycles. The summed E-state index contributed by atoms with van der Waals surface area (Å²) < 4.78 is 2.58. The molecule has 0 unspecified atom stereocenters. The molecule has 0 saturated heterocycles. The molecule has 140 valence electrons. The zero-order valence-electron chi connectivity index (χ0n) is 16.5. The maximum atomic E-state index is 2.58. The van der Waals surface area contributed by atoms with E-state index in [1.807, 2.05) is 0 Å². The average molecular weight is 390 g/mol. The van der Waals surface area contributed by atoms with Crippen molar-refractivity contribution in [1.82, 2.24) is 4.23 Å². The molecule has 0 N–H and O–H groups in total. The molecule has 0 aliphatic carbocycles. The highest BCUT2D eigenvalue weighted by atomic mass is 28.3. The highest BCUT2D eigenvalue weighted by Crippen LogP contribution is 2.32. The van der Waals surface area contributed by atoms with Crippen LogP contribution in [0.4, 0.5) is 0 Å². The summed E-state index contributed by atoms with van der Waals surface area (Å²) in [5.41, 5.74) is 3.86. The number of rotatable bonds is 4. The van der Waals surface area contributed by atoms with E-state index in [9.17, 15) is 0 Å². The van der Waals surface area contributed by atoms with Crippen LogP contribution in [0.5, 0.6) is 0 Å². The van der Waals surface area contributed by atoms with Gasteiger partial charge in [-0.3, -0.25) is 0 Å². The van der Waals surface area contributed by atoms with Crippen molar-refractivity contribution in [1.29, 1.82) is 0 Å². The highest BCUT2D eigenvalue weighted by Gasteiger charge is 2.36. The second-order valence-electron chi connectivity index (χ2n) is 7.60. The number of hydrogen-bond acceptors (Lipinski definition) is 0. The Bertz CT molecular complexity index is 1200. The van der Waals surface area contributed by atoms with Crippen LogP contribution in [-0.2, 0) is 0 Å². The lowest BCUT2D eigenvalue weighted by atomic mass is 10.1. The van der Waals surface area contributed by atoms with Crippen molar-refractivity contribution in [3.63, 3.8) is 0 Å². The van der Waals surface area contributed by atoms with Crippen molar-refractivity contribution in [2.45, 2.75) is 6.55 Å². The molecule has 0 aliphatic rings. The maximum Gasteiger partial charge on any atom is 0.221 e. The molecule has 0 aliphatic heterocycles. The predicted molar refractivity (Wildman–Crippen MR) is 127 cm³/mol. The van der Waals surface area contributed by atoms with E-state index >= 15 is 0 Å². The molecule has 5 rings (SSSR count). The first-order valence-corrected chi connectivity index (χ1v) is 12.5. The molecule has 0 fully saturated rings. The molecule has 1 heterocycles. The van der Waals surface area contributed by atoms with Gasteiger partial charge in [0.1, 0.15) is 0 Å². The standard InChI is InChI=1S/C27H23NSi/c1-29(23-15-7-3-8-16-23,24-17-9-4-10-18-24)28-21-26(22-13-5-2-6-14-22)25-19-11-12-20-27(25)28/h2-21H,1H3. The van der Waals surface area contributed by atoms with Crippen LogP contribution in [-0.4, -0.2) is 12.5 Å². The van der Waals surface area contributed by atoms with Crippen molar-refractivity contribution in [3.05, 3.63) is 121 Å². The molecule has 1 aromatic heterocycles. The van der Waals surface area contributed by atoms with Gasteiger partial charge in [0.25, 0.3) is 0 Å². The molecule has 29 heavy (non-hydrogen) atoms. The molecule has 0 amide bonds. The van der Waals surface area contributed by atoms with Gasteiger partial charge in [0.2, 0.25) is 8.24 Å². The molecule has 0 spiro atoms. The molecular weight excluding hydrogens is 366 g/mol. The summed E-state index contributed by atoms with van der Waals surface area (Å²) in [7, 11) is -2.24. The van der Waals surface area contributed by atoms with Crippen LogP contribution >= 0.6 is 0 Å². The quantitative estimate of drug-likeness (QED) is 0.355. The molecule has 0 bridgehead atoms. The van der Waals surface area contributed by atoms with Crippen LogP contribution in [0.25, 0.3) is 22.0 Å². The van der Waals surface area contributed by atoms with E-state index in [-0.39, 0.29) is 0 Å². The van der Waals surface area contributed by atoms with E-state index in [1.54, 1.807) is 0 Å². The Labute approximate surface area is 173 Å². The van der Waals surface area contributed by atoms with Crippen LogP contribution in [0.3, 0.4) is 0 Å². The van der Waals surface area contributed by atoms with E-state index in [2.05, 4.69) is 132 Å². The van der Waals surface area contributed by atoms with E-state index in [4.69, 9.17) is 0 Å². The highest BCUT2D eigenvalue weighted by molar-refractivity contribution is 7.00. The van der Waals surface area contributed by atoms with Gasteiger partial charge in [-0.15, -0.1) is 0 Å². The fraction of sp³-hybridized carbons (Fsp3) is 0.0370. The van der Waals surface area contributed by atoms with Crippen molar-refractivity contribution < 1.29 is 0 Å². The Morgan fingerprint density at radius 2 is 1.03 bits per heavy atom. The van der Waals surface area contributed by atoms with Crippen molar-refractivity contribution in [2.75, 3.05) is 0 Å². The third-order valence-corrected chi connectivity index (χ3v) is 10.2. The van der Waals surface area contributed by atoms with E-state index in [1.165, 1.54) is 32.4 Å². The topological polar surface area (TPSA) is 4.93 Å². The third-order valence-electron chi connectivity index (χ3n) is 5.95. The number of hydrogen-bond donors (Lipinski definition) is 0. The fourth-order valence-electron chi connectivity index (χ4n) is 4.37. The summed E-state index contributed by atoms with van der Waals surface area (Å²) in [6.07, 6.45) is 2.38. The summed E-state index contributed by atoms with van der Waals surface area (Å²) in [5.74, 6) is 0. The first-order chi connectivity index (χ1) is 14.3. The van der Waals surface area contributed by atoms with E-state index in [0.717, 1.165) is 0 Å². The average Bonchev–Trinajstić information content (AvgIpc) is 3.20. The third kappa shape index (κ3) is 2.93. The van der Waals surface area contributed by atoms with Gasteiger partial charge in [-0.2, -0.15) is 0 Å². The molecule has 2 heteroatoms. The SMILES string of the molecule is C[Si](c1ccccc1)(c1ccccc1)n1cc(-c2ccccc2)c2ccccc21. The van der Waals surface area contributed by atoms with Crippen molar-refractivity contribution in [3.8, 4) is 11.1 Å². The Morgan fingerprint density at radius 1 is 0.552 bits per heavy atom.